The number of hydrogen-bond acceptors (Lipinski definition) is 3. The molecule has 0 unspecified atom stereocenters. The lowest BCUT2D eigenvalue weighted by molar-refractivity contribution is 0.0600. The first kappa shape index (κ1) is 17.4. The van der Waals surface area contributed by atoms with Crippen molar-refractivity contribution in [1.29, 1.82) is 0 Å². The highest BCUT2D eigenvalue weighted by Crippen LogP contribution is 2.05. The minimum Gasteiger partial charge on any atom is -0.444 e. The summed E-state index contributed by atoms with van der Waals surface area (Å²) in [7, 11) is 0. The van der Waals surface area contributed by atoms with Crippen LogP contribution in [-0.2, 0) is 4.74 Å². The van der Waals surface area contributed by atoms with E-state index in [1.54, 1.807) is 20.8 Å². The molecule has 16 heavy (non-hydrogen) atoms. The average Bonchev–Trinajstić information content (AvgIpc) is 2.11. The minimum absolute atomic E-state index is 0.285. The third-order valence-electron chi connectivity index (χ3n) is 1.70. The number of allylic oxidation sites excluding steroid dienone is 1. The molecule has 0 fully saturated rings. The number of aliphatic hydroxyl groups is 1. The van der Waals surface area contributed by atoms with Gasteiger partial charge in [0.1, 0.15) is 5.60 Å². The van der Waals surface area contributed by atoms with Gasteiger partial charge in [0.25, 0.3) is 0 Å². The zero-order chi connectivity index (χ0) is 13.2. The maximum absolute atomic E-state index is 10.0. The highest BCUT2D eigenvalue weighted by atomic mass is 16.6. The second-order valence-electron chi connectivity index (χ2n) is 4.31. The molecule has 0 aromatic rings. The summed E-state index contributed by atoms with van der Waals surface area (Å²) in [5.41, 5.74) is 5.61. The fourth-order valence-electron chi connectivity index (χ4n) is 0.971. The van der Waals surface area contributed by atoms with Crippen molar-refractivity contribution in [1.82, 2.24) is 0 Å². The number of amides is 1. The number of carbonyl (C=O) groups excluding carboxylic acids is 1. The van der Waals surface area contributed by atoms with E-state index in [9.17, 15) is 4.79 Å². The first-order chi connectivity index (χ1) is 7.26. The number of aliphatic hydroxyl groups excluding tert-OH is 1. The van der Waals surface area contributed by atoms with Gasteiger partial charge in [-0.1, -0.05) is 18.6 Å². The van der Waals surface area contributed by atoms with Gasteiger partial charge in [-0.25, -0.2) is 4.79 Å². The highest BCUT2D eigenvalue weighted by Gasteiger charge is 2.12. The van der Waals surface area contributed by atoms with E-state index in [2.05, 4.69) is 17.7 Å². The lowest BCUT2D eigenvalue weighted by Crippen LogP contribution is -2.27. The van der Waals surface area contributed by atoms with Gasteiger partial charge in [0.05, 0.1) is 0 Å². The summed E-state index contributed by atoms with van der Waals surface area (Å²) < 4.78 is 4.58. The van der Waals surface area contributed by atoms with Crippen LogP contribution in [0.4, 0.5) is 4.79 Å². The van der Waals surface area contributed by atoms with Crippen LogP contribution in [0, 0.1) is 0 Å². The smallest absolute Gasteiger partial charge is 0.405 e. The first-order valence-electron chi connectivity index (χ1n) is 5.50. The van der Waals surface area contributed by atoms with Crippen molar-refractivity contribution >= 4 is 6.09 Å². The maximum Gasteiger partial charge on any atom is 0.405 e. The molecule has 0 rings (SSSR count). The van der Waals surface area contributed by atoms with Crippen LogP contribution in [-0.4, -0.2) is 23.4 Å². The molecular formula is C12H25NO3. The van der Waals surface area contributed by atoms with E-state index in [0.717, 1.165) is 12.8 Å². The van der Waals surface area contributed by atoms with Gasteiger partial charge in [-0.3, -0.25) is 0 Å². The zero-order valence-electron chi connectivity index (χ0n) is 11.0. The third kappa shape index (κ3) is 15.4. The molecule has 4 heteroatoms. The van der Waals surface area contributed by atoms with Gasteiger partial charge < -0.3 is 15.6 Å². The topological polar surface area (TPSA) is 72.6 Å². The number of ether oxygens (including phenoxy) is 1. The van der Waals surface area contributed by atoms with Crippen LogP contribution in [0.3, 0.4) is 0 Å². The van der Waals surface area contributed by atoms with Crippen LogP contribution in [0.1, 0.15) is 47.5 Å². The molecule has 0 spiro atoms. The van der Waals surface area contributed by atoms with Gasteiger partial charge in [0.2, 0.25) is 0 Å². The fraction of sp³-hybridized carbons (Fsp3) is 0.750. The molecule has 1 amide bonds. The van der Waals surface area contributed by atoms with Crippen molar-refractivity contribution in [2.75, 3.05) is 6.61 Å². The number of hydrogen-bond donors (Lipinski definition) is 2. The van der Waals surface area contributed by atoms with E-state index in [-0.39, 0.29) is 6.61 Å². The van der Waals surface area contributed by atoms with Crippen LogP contribution >= 0.6 is 0 Å². The summed E-state index contributed by atoms with van der Waals surface area (Å²) in [4.78, 5) is 10.0. The van der Waals surface area contributed by atoms with Crippen LogP contribution < -0.4 is 5.73 Å². The Kier molecular flexibility index (Phi) is 10.0. The summed E-state index contributed by atoms with van der Waals surface area (Å²) in [5.74, 6) is 0. The van der Waals surface area contributed by atoms with Crippen LogP contribution in [0.15, 0.2) is 11.6 Å². The van der Waals surface area contributed by atoms with Crippen molar-refractivity contribution in [2.45, 2.75) is 53.1 Å². The summed E-state index contributed by atoms with van der Waals surface area (Å²) >= 11 is 0. The molecule has 0 saturated carbocycles. The highest BCUT2D eigenvalue weighted by molar-refractivity contribution is 5.65. The SMILES string of the molecule is C/C=C(\CC)CCO.CC(C)(C)OC(N)=O. The molecule has 0 aromatic carbocycles. The van der Waals surface area contributed by atoms with E-state index in [0.29, 0.717) is 0 Å². The average molecular weight is 231 g/mol. The summed E-state index contributed by atoms with van der Waals surface area (Å²) in [5, 5.41) is 8.46. The molecule has 3 N–H and O–H groups in total. The predicted octanol–water partition coefficient (Wildman–Crippen LogP) is 2.61. The Morgan fingerprint density at radius 2 is 1.94 bits per heavy atom. The molecular weight excluding hydrogens is 206 g/mol. The number of nitrogens with two attached hydrogens (primary N) is 1. The summed E-state index contributed by atoms with van der Waals surface area (Å²) in [6.07, 6.45) is 3.25. The second-order valence-corrected chi connectivity index (χ2v) is 4.31. The van der Waals surface area contributed by atoms with Gasteiger partial charge in [-0.2, -0.15) is 0 Å². The van der Waals surface area contributed by atoms with E-state index < -0.39 is 11.7 Å². The monoisotopic (exact) mass is 231 g/mol. The molecule has 0 aliphatic rings. The Morgan fingerprint density at radius 3 is 2.00 bits per heavy atom. The molecule has 0 saturated heterocycles. The Hall–Kier alpha value is -1.03. The molecule has 0 atom stereocenters. The zero-order valence-corrected chi connectivity index (χ0v) is 11.0. The maximum atomic E-state index is 10.0. The number of primary amides is 1. The van der Waals surface area contributed by atoms with Gasteiger partial charge in [-0.05, 0) is 40.5 Å². The standard InChI is InChI=1S/C7H14O.C5H11NO2/c1-3-7(4-2)5-6-8;1-5(2,3)8-4(6)7/h3,8H,4-6H2,1-2H3;1-3H3,(H2,6,7)/b7-3+;. The van der Waals surface area contributed by atoms with Crippen LogP contribution in [0.25, 0.3) is 0 Å². The Morgan fingerprint density at radius 1 is 1.44 bits per heavy atom. The molecule has 96 valence electrons. The van der Waals surface area contributed by atoms with Gasteiger partial charge in [0.15, 0.2) is 0 Å². The quantitative estimate of drug-likeness (QED) is 0.733. The van der Waals surface area contributed by atoms with E-state index in [1.165, 1.54) is 5.57 Å². The summed E-state index contributed by atoms with van der Waals surface area (Å²) in [6, 6.07) is 0. The van der Waals surface area contributed by atoms with E-state index in [4.69, 9.17) is 10.8 Å². The summed E-state index contributed by atoms with van der Waals surface area (Å²) in [6.45, 7) is 9.68. The lowest BCUT2D eigenvalue weighted by Gasteiger charge is -2.16. The number of rotatable bonds is 3. The normalized spacial score (nSPS) is 11.5. The lowest BCUT2D eigenvalue weighted by atomic mass is 10.1. The Bertz CT molecular complexity index is 217. The molecule has 0 aliphatic heterocycles. The molecule has 0 radical (unpaired) electrons. The molecule has 0 heterocycles. The Labute approximate surface area is 98.5 Å². The first-order valence-corrected chi connectivity index (χ1v) is 5.50. The van der Waals surface area contributed by atoms with Crippen molar-refractivity contribution in [3.05, 3.63) is 11.6 Å². The van der Waals surface area contributed by atoms with Gasteiger partial charge in [-0.15, -0.1) is 0 Å². The van der Waals surface area contributed by atoms with E-state index >= 15 is 0 Å². The van der Waals surface area contributed by atoms with Crippen molar-refractivity contribution in [2.24, 2.45) is 5.73 Å². The van der Waals surface area contributed by atoms with E-state index in [1.807, 2.05) is 6.92 Å². The van der Waals surface area contributed by atoms with Gasteiger partial charge in [0, 0.05) is 6.61 Å². The molecule has 0 aromatic heterocycles. The third-order valence-corrected chi connectivity index (χ3v) is 1.70. The minimum atomic E-state index is -0.725. The predicted molar refractivity (Wildman–Crippen MR) is 66.2 cm³/mol. The van der Waals surface area contributed by atoms with Crippen molar-refractivity contribution in [3.63, 3.8) is 0 Å². The second kappa shape index (κ2) is 9.21. The van der Waals surface area contributed by atoms with Crippen LogP contribution in [0.2, 0.25) is 0 Å². The fourth-order valence-corrected chi connectivity index (χ4v) is 0.971. The van der Waals surface area contributed by atoms with Crippen molar-refractivity contribution < 1.29 is 14.6 Å². The molecule has 4 nitrogen and oxygen atoms in total. The van der Waals surface area contributed by atoms with Gasteiger partial charge >= 0.3 is 6.09 Å². The van der Waals surface area contributed by atoms with Crippen LogP contribution in [0.5, 0.6) is 0 Å². The molecule has 0 bridgehead atoms. The Balaban J connectivity index is 0. The number of carbonyl (C=O) groups is 1. The largest absolute Gasteiger partial charge is 0.444 e. The van der Waals surface area contributed by atoms with Crippen molar-refractivity contribution in [3.8, 4) is 0 Å². The molecule has 0 aliphatic carbocycles.